The van der Waals surface area contributed by atoms with Gasteiger partial charge in [-0.15, -0.1) is 0 Å². The second kappa shape index (κ2) is 5.46. The van der Waals surface area contributed by atoms with Gasteiger partial charge in [-0.3, -0.25) is 14.4 Å². The van der Waals surface area contributed by atoms with Gasteiger partial charge in [-0.25, -0.2) is 0 Å². The van der Waals surface area contributed by atoms with E-state index in [0.29, 0.717) is 48.0 Å². The maximum Gasteiger partial charge on any atom is 0.308 e. The zero-order valence-electron chi connectivity index (χ0n) is 13.7. The number of fused-ring (bicyclic) bond motifs is 1. The van der Waals surface area contributed by atoms with Gasteiger partial charge in [-0.1, -0.05) is 0 Å². The SMILES string of the molecule is Cc1oc2c(c1C(=O)N1C[C@H](C(=O)O)[C@@H](C3CC3)C1)C(=O)CCC2. The highest BCUT2D eigenvalue weighted by molar-refractivity contribution is 6.10. The number of carbonyl (C=O) groups excluding carboxylic acids is 2. The first-order valence-electron chi connectivity index (χ1n) is 8.65. The minimum Gasteiger partial charge on any atom is -0.481 e. The van der Waals surface area contributed by atoms with Crippen LogP contribution in [0.4, 0.5) is 0 Å². The van der Waals surface area contributed by atoms with Crippen molar-refractivity contribution in [1.29, 1.82) is 0 Å². The number of Topliss-reactive ketones (excluding diaryl/α,β-unsaturated/α-hetero) is 1. The van der Waals surface area contributed by atoms with E-state index in [2.05, 4.69) is 0 Å². The number of ketones is 1. The van der Waals surface area contributed by atoms with Crippen LogP contribution >= 0.6 is 0 Å². The Labute approximate surface area is 139 Å². The number of aliphatic carboxylic acids is 1. The fourth-order valence-corrected chi connectivity index (χ4v) is 4.28. The van der Waals surface area contributed by atoms with Gasteiger partial charge >= 0.3 is 5.97 Å². The Morgan fingerprint density at radius 3 is 2.62 bits per heavy atom. The van der Waals surface area contributed by atoms with Crippen LogP contribution in [0.1, 0.15) is 57.9 Å². The molecule has 4 rings (SSSR count). The quantitative estimate of drug-likeness (QED) is 0.918. The topological polar surface area (TPSA) is 87.8 Å². The number of likely N-dealkylation sites (tertiary alicyclic amines) is 1. The molecule has 1 N–H and O–H groups in total. The van der Waals surface area contributed by atoms with Crippen LogP contribution in [0.5, 0.6) is 0 Å². The zero-order chi connectivity index (χ0) is 17.0. The molecular weight excluding hydrogens is 310 g/mol. The number of hydrogen-bond acceptors (Lipinski definition) is 4. The van der Waals surface area contributed by atoms with Gasteiger partial charge in [0.15, 0.2) is 5.78 Å². The van der Waals surface area contributed by atoms with Gasteiger partial charge in [0.2, 0.25) is 0 Å². The summed E-state index contributed by atoms with van der Waals surface area (Å²) >= 11 is 0. The van der Waals surface area contributed by atoms with Crippen LogP contribution in [-0.4, -0.2) is 40.8 Å². The van der Waals surface area contributed by atoms with Crippen molar-refractivity contribution < 1.29 is 23.9 Å². The lowest BCUT2D eigenvalue weighted by atomic mass is 9.92. The van der Waals surface area contributed by atoms with Crippen molar-refractivity contribution in [1.82, 2.24) is 4.90 Å². The van der Waals surface area contributed by atoms with E-state index in [1.165, 1.54) is 0 Å². The second-order valence-electron chi connectivity index (χ2n) is 7.26. The van der Waals surface area contributed by atoms with Gasteiger partial charge in [-0.2, -0.15) is 0 Å². The molecule has 2 atom stereocenters. The molecule has 3 aliphatic rings. The number of amides is 1. The van der Waals surface area contributed by atoms with Crippen molar-refractivity contribution in [2.75, 3.05) is 13.1 Å². The van der Waals surface area contributed by atoms with E-state index in [1.54, 1.807) is 11.8 Å². The average Bonchev–Trinajstić information content (AvgIpc) is 3.17. The predicted molar refractivity (Wildman–Crippen MR) is 84.0 cm³/mol. The summed E-state index contributed by atoms with van der Waals surface area (Å²) in [7, 11) is 0. The molecule has 0 radical (unpaired) electrons. The largest absolute Gasteiger partial charge is 0.481 e. The van der Waals surface area contributed by atoms with Crippen LogP contribution in [-0.2, 0) is 11.2 Å². The molecule has 2 heterocycles. The Balaban J connectivity index is 1.64. The Morgan fingerprint density at radius 2 is 1.96 bits per heavy atom. The highest BCUT2D eigenvalue weighted by Gasteiger charge is 2.47. The van der Waals surface area contributed by atoms with Gasteiger partial charge < -0.3 is 14.4 Å². The third-order valence-electron chi connectivity index (χ3n) is 5.65. The molecule has 0 bridgehead atoms. The first-order valence-corrected chi connectivity index (χ1v) is 8.65. The number of aryl methyl sites for hydroxylation is 2. The summed E-state index contributed by atoms with van der Waals surface area (Å²) < 4.78 is 5.66. The molecule has 1 saturated carbocycles. The Bertz CT molecular complexity index is 730. The lowest BCUT2D eigenvalue weighted by Crippen LogP contribution is -2.31. The first kappa shape index (κ1) is 15.4. The molecule has 128 valence electrons. The number of carbonyl (C=O) groups is 3. The Hall–Kier alpha value is -2.11. The Kier molecular flexibility index (Phi) is 3.51. The third-order valence-corrected chi connectivity index (χ3v) is 5.65. The lowest BCUT2D eigenvalue weighted by Gasteiger charge is -2.17. The molecule has 1 saturated heterocycles. The second-order valence-corrected chi connectivity index (χ2v) is 7.26. The summed E-state index contributed by atoms with van der Waals surface area (Å²) in [6, 6.07) is 0. The highest BCUT2D eigenvalue weighted by atomic mass is 16.4. The maximum absolute atomic E-state index is 13.0. The monoisotopic (exact) mass is 331 g/mol. The Morgan fingerprint density at radius 1 is 1.21 bits per heavy atom. The predicted octanol–water partition coefficient (Wildman–Crippen LogP) is 2.29. The van der Waals surface area contributed by atoms with E-state index < -0.39 is 11.9 Å². The summed E-state index contributed by atoms with van der Waals surface area (Å²) in [5.74, 6) is -0.0763. The molecule has 1 aromatic heterocycles. The molecule has 24 heavy (non-hydrogen) atoms. The van der Waals surface area contributed by atoms with Crippen molar-refractivity contribution >= 4 is 17.7 Å². The number of furan rings is 1. The zero-order valence-corrected chi connectivity index (χ0v) is 13.7. The molecule has 6 heteroatoms. The number of rotatable bonds is 3. The fraction of sp³-hybridized carbons (Fsp3) is 0.611. The van der Waals surface area contributed by atoms with E-state index >= 15 is 0 Å². The van der Waals surface area contributed by atoms with Crippen molar-refractivity contribution in [2.45, 2.75) is 39.0 Å². The number of carboxylic acids is 1. The van der Waals surface area contributed by atoms with Crippen LogP contribution in [0.15, 0.2) is 4.42 Å². The molecule has 0 unspecified atom stereocenters. The summed E-state index contributed by atoms with van der Waals surface area (Å²) in [5, 5.41) is 9.47. The van der Waals surface area contributed by atoms with E-state index in [9.17, 15) is 19.5 Å². The molecule has 1 amide bonds. The number of nitrogens with zero attached hydrogens (tertiary/aromatic N) is 1. The first-order chi connectivity index (χ1) is 11.5. The van der Waals surface area contributed by atoms with E-state index in [4.69, 9.17) is 4.42 Å². The molecule has 2 aliphatic carbocycles. The maximum atomic E-state index is 13.0. The van der Waals surface area contributed by atoms with Gasteiger partial charge in [0.05, 0.1) is 17.0 Å². The molecule has 2 fully saturated rings. The van der Waals surface area contributed by atoms with Crippen molar-refractivity contribution in [3.05, 3.63) is 22.6 Å². The van der Waals surface area contributed by atoms with Crippen molar-refractivity contribution in [2.24, 2.45) is 17.8 Å². The number of carboxylic acid groups (broad SMARTS) is 1. The van der Waals surface area contributed by atoms with E-state index in [0.717, 1.165) is 19.3 Å². The van der Waals surface area contributed by atoms with Gasteiger partial charge in [0.1, 0.15) is 11.5 Å². The fourth-order valence-electron chi connectivity index (χ4n) is 4.28. The van der Waals surface area contributed by atoms with E-state index in [-0.39, 0.29) is 24.2 Å². The lowest BCUT2D eigenvalue weighted by molar-refractivity contribution is -0.142. The van der Waals surface area contributed by atoms with Crippen LogP contribution in [0.25, 0.3) is 0 Å². The smallest absolute Gasteiger partial charge is 0.308 e. The van der Waals surface area contributed by atoms with E-state index in [1.807, 2.05) is 0 Å². The summed E-state index contributed by atoms with van der Waals surface area (Å²) in [6.07, 6.45) is 3.97. The minimum atomic E-state index is -0.829. The van der Waals surface area contributed by atoms with Crippen molar-refractivity contribution in [3.8, 4) is 0 Å². The van der Waals surface area contributed by atoms with Gasteiger partial charge in [0, 0.05) is 25.9 Å². The summed E-state index contributed by atoms with van der Waals surface area (Å²) in [6.45, 7) is 2.40. The normalized spacial score (nSPS) is 26.5. The number of hydrogen-bond donors (Lipinski definition) is 1. The van der Waals surface area contributed by atoms with Gasteiger partial charge in [-0.05, 0) is 38.0 Å². The molecule has 1 aliphatic heterocycles. The minimum absolute atomic E-state index is 0.0326. The van der Waals surface area contributed by atoms with Crippen molar-refractivity contribution in [3.63, 3.8) is 0 Å². The molecule has 0 aromatic carbocycles. The van der Waals surface area contributed by atoms with Crippen LogP contribution < -0.4 is 0 Å². The average molecular weight is 331 g/mol. The van der Waals surface area contributed by atoms with Gasteiger partial charge in [0.25, 0.3) is 5.91 Å². The van der Waals surface area contributed by atoms with Crippen LogP contribution in [0.2, 0.25) is 0 Å². The molecule has 6 nitrogen and oxygen atoms in total. The van der Waals surface area contributed by atoms with Crippen LogP contribution in [0, 0.1) is 24.7 Å². The standard InChI is InChI=1S/C18H21NO5/c1-9-15(16-13(20)3-2-4-14(16)24-9)17(21)19-7-11(10-5-6-10)12(8-19)18(22)23/h10-12H,2-8H2,1H3,(H,22,23)/t11-,12+/m1/s1. The highest BCUT2D eigenvalue weighted by Crippen LogP contribution is 2.44. The molecule has 1 aromatic rings. The molecule has 0 spiro atoms. The third kappa shape index (κ3) is 2.36. The summed E-state index contributed by atoms with van der Waals surface area (Å²) in [5.41, 5.74) is 0.792. The van der Waals surface area contributed by atoms with Crippen LogP contribution in [0.3, 0.4) is 0 Å². The summed E-state index contributed by atoms with van der Waals surface area (Å²) in [4.78, 5) is 38.4. The molecular formula is C18H21NO5.